The molecule has 1 aromatic heterocycles. The summed E-state index contributed by atoms with van der Waals surface area (Å²) in [5.74, 6) is 0.0671. The van der Waals surface area contributed by atoms with Gasteiger partial charge < -0.3 is 4.74 Å². The molecule has 0 aliphatic carbocycles. The number of benzene rings is 1. The van der Waals surface area contributed by atoms with Gasteiger partial charge in [0.25, 0.3) is 0 Å². The second kappa shape index (κ2) is 5.06. The van der Waals surface area contributed by atoms with E-state index >= 15 is 0 Å². The van der Waals surface area contributed by atoms with Crippen LogP contribution in [-0.2, 0) is 0 Å². The van der Waals surface area contributed by atoms with Gasteiger partial charge in [-0.05, 0) is 30.3 Å². The molecule has 5 heteroatoms. The zero-order valence-corrected chi connectivity index (χ0v) is 11.0. The van der Waals surface area contributed by atoms with E-state index in [4.69, 9.17) is 16.3 Å². The quantitative estimate of drug-likeness (QED) is 0.790. The van der Waals surface area contributed by atoms with Gasteiger partial charge in [0, 0.05) is 11.1 Å². The van der Waals surface area contributed by atoms with Gasteiger partial charge in [0.2, 0.25) is 0 Å². The average molecular weight is 290 g/mol. The van der Waals surface area contributed by atoms with E-state index in [9.17, 15) is 9.18 Å². The van der Waals surface area contributed by atoms with E-state index < -0.39 is 5.82 Å². The lowest BCUT2D eigenvalue weighted by atomic mass is 10.0. The lowest BCUT2D eigenvalue weighted by Crippen LogP contribution is -2.05. The molecule has 20 heavy (non-hydrogen) atoms. The Balaban J connectivity index is 2.23. The van der Waals surface area contributed by atoms with Crippen molar-refractivity contribution in [3.8, 4) is 17.0 Å². The Morgan fingerprint density at radius 1 is 1.35 bits per heavy atom. The predicted octanol–water partition coefficient (Wildman–Crippen LogP) is 3.76. The Kier molecular flexibility index (Phi) is 3.24. The minimum absolute atomic E-state index is 0.000840. The molecule has 1 aliphatic rings. The Morgan fingerprint density at radius 3 is 2.95 bits per heavy atom. The monoisotopic (exact) mass is 289 g/mol. The van der Waals surface area contributed by atoms with Crippen molar-refractivity contribution >= 4 is 24.0 Å². The van der Waals surface area contributed by atoms with Gasteiger partial charge in [0.15, 0.2) is 12.0 Å². The summed E-state index contributed by atoms with van der Waals surface area (Å²) < 4.78 is 18.8. The summed E-state index contributed by atoms with van der Waals surface area (Å²) in [6.07, 6.45) is 4.37. The first kappa shape index (κ1) is 12.8. The van der Waals surface area contributed by atoms with Crippen LogP contribution in [0, 0.1) is 5.82 Å². The Bertz CT molecular complexity index is 728. The fraction of sp³-hybridized carbons (Fsp3) is 0.0667. The first-order valence-electron chi connectivity index (χ1n) is 5.94. The van der Waals surface area contributed by atoms with E-state index in [1.807, 2.05) is 12.2 Å². The third-order valence-corrected chi connectivity index (χ3v) is 3.25. The fourth-order valence-corrected chi connectivity index (χ4v) is 2.24. The van der Waals surface area contributed by atoms with Crippen LogP contribution in [0.1, 0.15) is 16.1 Å². The molecule has 0 amide bonds. The number of carbonyl (C=O) groups excluding carboxylic acids is 1. The van der Waals surface area contributed by atoms with Gasteiger partial charge in [-0.15, -0.1) is 0 Å². The molecular formula is C15H9ClFNO2. The van der Waals surface area contributed by atoms with Crippen molar-refractivity contribution in [2.45, 2.75) is 0 Å². The summed E-state index contributed by atoms with van der Waals surface area (Å²) in [6, 6.07) is 5.93. The largest absolute Gasteiger partial charge is 0.487 e. The number of rotatable bonds is 2. The SMILES string of the molecule is O=Cc1cc2c(c(-c3ccc(F)c(Cl)c3)n1)OCC=C2. The van der Waals surface area contributed by atoms with Crippen LogP contribution in [-0.4, -0.2) is 17.9 Å². The Morgan fingerprint density at radius 2 is 2.20 bits per heavy atom. The van der Waals surface area contributed by atoms with E-state index in [1.54, 1.807) is 12.1 Å². The van der Waals surface area contributed by atoms with Crippen LogP contribution >= 0.6 is 11.6 Å². The van der Waals surface area contributed by atoms with Gasteiger partial charge >= 0.3 is 0 Å². The highest BCUT2D eigenvalue weighted by Crippen LogP contribution is 2.35. The minimum Gasteiger partial charge on any atom is -0.487 e. The highest BCUT2D eigenvalue weighted by Gasteiger charge is 2.17. The van der Waals surface area contributed by atoms with E-state index in [0.29, 0.717) is 29.9 Å². The molecule has 1 aromatic carbocycles. The molecular weight excluding hydrogens is 281 g/mol. The van der Waals surface area contributed by atoms with Crippen molar-refractivity contribution in [1.29, 1.82) is 0 Å². The van der Waals surface area contributed by atoms with Crippen molar-refractivity contribution in [1.82, 2.24) is 4.98 Å². The molecule has 0 N–H and O–H groups in total. The van der Waals surface area contributed by atoms with Gasteiger partial charge in [-0.2, -0.15) is 0 Å². The molecule has 3 rings (SSSR count). The number of hydrogen-bond acceptors (Lipinski definition) is 3. The second-order valence-corrected chi connectivity index (χ2v) is 4.68. The molecule has 2 heterocycles. The normalized spacial score (nSPS) is 12.7. The van der Waals surface area contributed by atoms with Crippen LogP contribution in [0.25, 0.3) is 17.3 Å². The summed E-state index contributed by atoms with van der Waals surface area (Å²) in [5.41, 5.74) is 2.14. The maximum Gasteiger partial charge on any atom is 0.168 e. The number of carbonyl (C=O) groups is 1. The first-order chi connectivity index (χ1) is 9.69. The van der Waals surface area contributed by atoms with Crippen LogP contribution < -0.4 is 4.74 Å². The summed E-state index contributed by atoms with van der Waals surface area (Å²) in [7, 11) is 0. The van der Waals surface area contributed by atoms with Crippen molar-refractivity contribution in [2.24, 2.45) is 0 Å². The Labute approximate surface area is 119 Å². The first-order valence-corrected chi connectivity index (χ1v) is 6.32. The highest BCUT2D eigenvalue weighted by molar-refractivity contribution is 6.31. The van der Waals surface area contributed by atoms with Gasteiger partial charge in [0.05, 0.1) is 5.02 Å². The van der Waals surface area contributed by atoms with Crippen molar-refractivity contribution in [3.63, 3.8) is 0 Å². The molecule has 0 bridgehead atoms. The van der Waals surface area contributed by atoms with Crippen molar-refractivity contribution < 1.29 is 13.9 Å². The third kappa shape index (κ3) is 2.18. The molecule has 0 fully saturated rings. The number of hydrogen-bond donors (Lipinski definition) is 0. The summed E-state index contributed by atoms with van der Waals surface area (Å²) in [4.78, 5) is 15.2. The van der Waals surface area contributed by atoms with E-state index in [2.05, 4.69) is 4.98 Å². The highest BCUT2D eigenvalue weighted by atomic mass is 35.5. The zero-order valence-electron chi connectivity index (χ0n) is 10.3. The third-order valence-electron chi connectivity index (χ3n) is 2.96. The molecule has 0 atom stereocenters. The summed E-state index contributed by atoms with van der Waals surface area (Å²) in [5, 5.41) is 0.000840. The van der Waals surface area contributed by atoms with Gasteiger partial charge in [0.1, 0.15) is 23.8 Å². The molecule has 1 aliphatic heterocycles. The molecule has 0 saturated heterocycles. The second-order valence-electron chi connectivity index (χ2n) is 4.27. The van der Waals surface area contributed by atoms with Crippen LogP contribution in [0.15, 0.2) is 30.3 Å². The smallest absolute Gasteiger partial charge is 0.168 e. The number of nitrogens with zero attached hydrogens (tertiary/aromatic N) is 1. The van der Waals surface area contributed by atoms with Gasteiger partial charge in [-0.3, -0.25) is 4.79 Å². The summed E-state index contributed by atoms with van der Waals surface area (Å²) in [6.45, 7) is 0.428. The number of aldehydes is 1. The van der Waals surface area contributed by atoms with Crippen LogP contribution in [0.2, 0.25) is 5.02 Å². The molecule has 2 aromatic rings. The minimum atomic E-state index is -0.503. The number of aromatic nitrogens is 1. The molecule has 3 nitrogen and oxygen atoms in total. The van der Waals surface area contributed by atoms with E-state index in [1.165, 1.54) is 12.1 Å². The molecule has 0 radical (unpaired) electrons. The fourth-order valence-electron chi connectivity index (χ4n) is 2.06. The van der Waals surface area contributed by atoms with Crippen molar-refractivity contribution in [2.75, 3.05) is 6.61 Å². The van der Waals surface area contributed by atoms with E-state index in [0.717, 1.165) is 5.56 Å². The molecule has 0 unspecified atom stereocenters. The standard InChI is InChI=1S/C15H9ClFNO2/c16-12-7-9(3-4-13(12)17)14-15-10(2-1-5-20-15)6-11(8-19)18-14/h1-4,6-8H,5H2. The van der Waals surface area contributed by atoms with Gasteiger partial charge in [-0.1, -0.05) is 17.7 Å². The van der Waals surface area contributed by atoms with Crippen LogP contribution in [0.3, 0.4) is 0 Å². The maximum atomic E-state index is 13.2. The van der Waals surface area contributed by atoms with E-state index in [-0.39, 0.29) is 10.7 Å². The number of halogens is 2. The number of fused-ring (bicyclic) bond motifs is 1. The predicted molar refractivity (Wildman–Crippen MR) is 74.6 cm³/mol. The maximum absolute atomic E-state index is 13.2. The van der Waals surface area contributed by atoms with Crippen molar-refractivity contribution in [3.05, 3.63) is 52.4 Å². The zero-order chi connectivity index (χ0) is 14.1. The van der Waals surface area contributed by atoms with Crippen LogP contribution in [0.4, 0.5) is 4.39 Å². The molecule has 0 spiro atoms. The molecule has 0 saturated carbocycles. The van der Waals surface area contributed by atoms with Gasteiger partial charge in [-0.25, -0.2) is 9.37 Å². The topological polar surface area (TPSA) is 39.2 Å². The van der Waals surface area contributed by atoms with Crippen LogP contribution in [0.5, 0.6) is 5.75 Å². The number of ether oxygens (including phenoxy) is 1. The molecule has 100 valence electrons. The Hall–Kier alpha value is -2.20. The average Bonchev–Trinajstić information content (AvgIpc) is 2.49. The lowest BCUT2D eigenvalue weighted by molar-refractivity contribution is 0.111. The lowest BCUT2D eigenvalue weighted by Gasteiger charge is -2.16. The summed E-state index contributed by atoms with van der Waals surface area (Å²) >= 11 is 5.79. The number of pyridine rings is 1.